The van der Waals surface area contributed by atoms with Crippen LogP contribution in [-0.2, 0) is 12.8 Å². The van der Waals surface area contributed by atoms with Crippen LogP contribution in [0.1, 0.15) is 28.1 Å². The van der Waals surface area contributed by atoms with Gasteiger partial charge >= 0.3 is 13.1 Å². The van der Waals surface area contributed by atoms with Crippen LogP contribution >= 0.6 is 0 Å². The molecule has 0 radical (unpaired) electrons. The quantitative estimate of drug-likeness (QED) is 0.289. The van der Waals surface area contributed by atoms with E-state index in [0.717, 1.165) is 22.3 Å². The minimum absolute atomic E-state index is 0.298. The van der Waals surface area contributed by atoms with Crippen molar-refractivity contribution in [3.05, 3.63) is 95.1 Å². The molecule has 172 valence electrons. The molecular weight excluding hydrogens is 429 g/mol. The Bertz CT molecular complexity index is 1160. The van der Waals surface area contributed by atoms with Crippen molar-refractivity contribution in [1.29, 1.82) is 5.26 Å². The smallest absolute Gasteiger partial charge is 0.426 e. The van der Waals surface area contributed by atoms with Crippen molar-refractivity contribution in [3.8, 4) is 6.07 Å². The Kier molecular flexibility index (Phi) is 8.92. The monoisotopic (exact) mass is 455 g/mol. The molecule has 34 heavy (non-hydrogen) atoms. The maximum atomic E-state index is 12.3. The van der Waals surface area contributed by atoms with Gasteiger partial charge in [-0.1, -0.05) is 54.1 Å². The summed E-state index contributed by atoms with van der Waals surface area (Å²) in [6.45, 7) is 2.32. The highest BCUT2D eigenvalue weighted by Gasteiger charge is 2.25. The van der Waals surface area contributed by atoms with E-state index in [1.807, 2.05) is 55.5 Å². The third kappa shape index (κ3) is 7.55. The number of hydrogen-bond acceptors (Lipinski definition) is 6. The first kappa shape index (κ1) is 24.6. The summed E-state index contributed by atoms with van der Waals surface area (Å²) in [7, 11) is -1.68. The average Bonchev–Trinajstić information content (AvgIpc) is 2.84. The SMILES string of the molecule is Cc1ccc(C[C@H](NC(=O)NCCc2cccc(C=C(C#N)c3ncccn3)c2)B(O)O)cc1. The normalized spacial score (nSPS) is 11.9. The van der Waals surface area contributed by atoms with Gasteiger partial charge in [0.25, 0.3) is 0 Å². The van der Waals surface area contributed by atoms with Gasteiger partial charge in [0.2, 0.25) is 0 Å². The molecular formula is C25H26BN5O3. The summed E-state index contributed by atoms with van der Waals surface area (Å²) >= 11 is 0. The summed E-state index contributed by atoms with van der Waals surface area (Å²) < 4.78 is 0. The highest BCUT2D eigenvalue weighted by molar-refractivity contribution is 6.43. The molecule has 0 saturated carbocycles. The Morgan fingerprint density at radius 2 is 1.85 bits per heavy atom. The molecule has 0 aliphatic heterocycles. The van der Waals surface area contributed by atoms with E-state index < -0.39 is 19.1 Å². The van der Waals surface area contributed by atoms with E-state index in [4.69, 9.17) is 0 Å². The summed E-state index contributed by atoms with van der Waals surface area (Å²) in [4.78, 5) is 20.5. The molecule has 0 unspecified atom stereocenters. The first-order chi connectivity index (χ1) is 16.4. The molecule has 8 nitrogen and oxygen atoms in total. The molecule has 2 aromatic carbocycles. The first-order valence-electron chi connectivity index (χ1n) is 10.9. The molecule has 0 aliphatic carbocycles. The Hall–Kier alpha value is -4.00. The zero-order valence-electron chi connectivity index (χ0n) is 18.8. The average molecular weight is 455 g/mol. The predicted molar refractivity (Wildman–Crippen MR) is 131 cm³/mol. The molecule has 1 heterocycles. The molecule has 3 aromatic rings. The fourth-order valence-electron chi connectivity index (χ4n) is 3.34. The fourth-order valence-corrected chi connectivity index (χ4v) is 3.34. The number of carbonyl (C=O) groups is 1. The van der Waals surface area contributed by atoms with E-state index >= 15 is 0 Å². The van der Waals surface area contributed by atoms with Crippen LogP contribution in [0.3, 0.4) is 0 Å². The number of carbonyl (C=O) groups excluding carboxylic acids is 1. The second kappa shape index (κ2) is 12.3. The molecule has 2 amide bonds. The maximum absolute atomic E-state index is 12.3. The van der Waals surface area contributed by atoms with Crippen molar-refractivity contribution in [2.45, 2.75) is 25.7 Å². The first-order valence-corrected chi connectivity index (χ1v) is 10.9. The van der Waals surface area contributed by atoms with E-state index in [2.05, 4.69) is 26.7 Å². The van der Waals surface area contributed by atoms with Crippen LogP contribution in [0, 0.1) is 18.3 Å². The van der Waals surface area contributed by atoms with Gasteiger partial charge in [-0.15, -0.1) is 0 Å². The fraction of sp³-hybridized carbons (Fsp3) is 0.200. The van der Waals surface area contributed by atoms with Crippen LogP contribution in [0.25, 0.3) is 11.6 Å². The molecule has 0 bridgehead atoms. The summed E-state index contributed by atoms with van der Waals surface area (Å²) in [5.74, 6) is -0.471. The molecule has 0 spiro atoms. The molecule has 3 rings (SSSR count). The largest absolute Gasteiger partial charge is 0.475 e. The number of allylic oxidation sites excluding steroid dienone is 1. The number of amides is 2. The van der Waals surface area contributed by atoms with Gasteiger partial charge in [0.15, 0.2) is 5.82 Å². The van der Waals surface area contributed by atoms with Crippen LogP contribution < -0.4 is 10.6 Å². The van der Waals surface area contributed by atoms with Gasteiger partial charge in [-0.3, -0.25) is 0 Å². The highest BCUT2D eigenvalue weighted by Crippen LogP contribution is 2.15. The minimum Gasteiger partial charge on any atom is -0.426 e. The number of benzene rings is 2. The van der Waals surface area contributed by atoms with Crippen molar-refractivity contribution < 1.29 is 14.8 Å². The van der Waals surface area contributed by atoms with Crippen LogP contribution in [0.4, 0.5) is 4.79 Å². The van der Waals surface area contributed by atoms with Crippen molar-refractivity contribution in [3.63, 3.8) is 0 Å². The van der Waals surface area contributed by atoms with E-state index in [1.165, 1.54) is 0 Å². The summed E-state index contributed by atoms with van der Waals surface area (Å²) in [5, 5.41) is 34.1. The highest BCUT2D eigenvalue weighted by atomic mass is 16.4. The number of rotatable bonds is 9. The lowest BCUT2D eigenvalue weighted by Gasteiger charge is -2.18. The lowest BCUT2D eigenvalue weighted by atomic mass is 9.76. The summed E-state index contributed by atoms with van der Waals surface area (Å²) in [5.41, 5.74) is 4.16. The molecule has 1 atom stereocenters. The molecule has 9 heteroatoms. The van der Waals surface area contributed by atoms with Crippen LogP contribution in [0.2, 0.25) is 0 Å². The minimum atomic E-state index is -1.68. The Balaban J connectivity index is 1.54. The van der Waals surface area contributed by atoms with Crippen LogP contribution in [0.15, 0.2) is 67.0 Å². The van der Waals surface area contributed by atoms with Gasteiger partial charge in [0.05, 0.1) is 11.5 Å². The molecule has 4 N–H and O–H groups in total. The van der Waals surface area contributed by atoms with Crippen molar-refractivity contribution in [1.82, 2.24) is 20.6 Å². The maximum Gasteiger partial charge on any atom is 0.475 e. The van der Waals surface area contributed by atoms with E-state index in [1.54, 1.807) is 24.5 Å². The standard InChI is InChI=1S/C25H26BN5O3/c1-18-6-8-20(9-7-18)16-23(26(33)34)31-25(32)30-13-10-19-4-2-5-21(14-19)15-22(17-27)24-28-11-3-12-29-24/h2-9,11-12,14-15,23,33-34H,10,13,16H2,1H3,(H2,30,31,32)/t23-/m0/s1. The number of nitrogens with one attached hydrogen (secondary N) is 2. The van der Waals surface area contributed by atoms with E-state index in [0.29, 0.717) is 30.8 Å². The summed E-state index contributed by atoms with van der Waals surface area (Å²) in [6.07, 6.45) is 5.75. The summed E-state index contributed by atoms with van der Waals surface area (Å²) in [6, 6.07) is 18.6. The number of nitrogens with zero attached hydrogens (tertiary/aromatic N) is 3. The topological polar surface area (TPSA) is 131 Å². The van der Waals surface area contributed by atoms with Gasteiger partial charge in [0.1, 0.15) is 6.07 Å². The van der Waals surface area contributed by atoms with Crippen LogP contribution in [0.5, 0.6) is 0 Å². The molecule has 1 aromatic heterocycles. The Morgan fingerprint density at radius 1 is 1.12 bits per heavy atom. The number of aromatic nitrogens is 2. The number of nitriles is 1. The van der Waals surface area contributed by atoms with E-state index in [-0.39, 0.29) is 0 Å². The molecule has 0 aliphatic rings. The lowest BCUT2D eigenvalue weighted by molar-refractivity contribution is 0.237. The third-order valence-corrected chi connectivity index (χ3v) is 5.14. The molecule has 0 saturated heterocycles. The number of urea groups is 1. The van der Waals surface area contributed by atoms with Crippen molar-refractivity contribution in [2.75, 3.05) is 6.54 Å². The van der Waals surface area contributed by atoms with Crippen molar-refractivity contribution >= 4 is 24.8 Å². The third-order valence-electron chi connectivity index (χ3n) is 5.14. The Morgan fingerprint density at radius 3 is 2.53 bits per heavy atom. The van der Waals surface area contributed by atoms with Gasteiger partial charge in [-0.05, 0) is 48.6 Å². The molecule has 0 fully saturated rings. The van der Waals surface area contributed by atoms with E-state index in [9.17, 15) is 20.1 Å². The second-order valence-corrected chi connectivity index (χ2v) is 7.85. The number of aryl methyl sites for hydroxylation is 1. The zero-order valence-corrected chi connectivity index (χ0v) is 18.8. The lowest BCUT2D eigenvalue weighted by Crippen LogP contribution is -2.51. The van der Waals surface area contributed by atoms with Gasteiger partial charge < -0.3 is 20.7 Å². The number of hydrogen-bond donors (Lipinski definition) is 4. The van der Waals surface area contributed by atoms with Gasteiger partial charge in [-0.25, -0.2) is 14.8 Å². The second-order valence-electron chi connectivity index (χ2n) is 7.85. The zero-order chi connectivity index (χ0) is 24.3. The van der Waals surface area contributed by atoms with Crippen molar-refractivity contribution in [2.24, 2.45) is 0 Å². The Labute approximate surface area is 199 Å². The van der Waals surface area contributed by atoms with Gasteiger partial charge in [-0.2, -0.15) is 5.26 Å². The van der Waals surface area contributed by atoms with Gasteiger partial charge in [0, 0.05) is 18.9 Å². The van der Waals surface area contributed by atoms with Crippen LogP contribution in [-0.4, -0.2) is 45.7 Å². The predicted octanol–water partition coefficient (Wildman–Crippen LogP) is 2.31.